The van der Waals surface area contributed by atoms with Gasteiger partial charge in [0.1, 0.15) is 0 Å². The number of amides is 1. The zero-order chi connectivity index (χ0) is 11.4. The van der Waals surface area contributed by atoms with Gasteiger partial charge >= 0.3 is 6.47 Å². The molecule has 0 bridgehead atoms. The van der Waals surface area contributed by atoms with E-state index in [0.717, 1.165) is 32.2 Å². The number of hydrogen-bond acceptors (Lipinski definition) is 4. The maximum absolute atomic E-state index is 11.2. The number of rotatable bonds is 10. The molecule has 1 amide bonds. The Hall–Kier alpha value is -1.10. The second-order valence-corrected chi connectivity index (χ2v) is 3.27. The van der Waals surface area contributed by atoms with E-state index in [1.54, 1.807) is 0 Å². The molecule has 0 unspecified atom stereocenters. The molecule has 0 aliphatic carbocycles. The van der Waals surface area contributed by atoms with Crippen molar-refractivity contribution < 1.29 is 14.4 Å². The molecule has 0 aliphatic heterocycles. The molecule has 0 saturated heterocycles. The number of carbonyl (C=O) groups is 2. The third-order valence-corrected chi connectivity index (χ3v) is 1.92. The van der Waals surface area contributed by atoms with Crippen LogP contribution in [-0.4, -0.2) is 25.5 Å². The normalized spacial score (nSPS) is 9.67. The van der Waals surface area contributed by atoms with E-state index in [1.165, 1.54) is 0 Å². The summed E-state index contributed by atoms with van der Waals surface area (Å²) < 4.78 is 0. The highest BCUT2D eigenvalue weighted by molar-refractivity contribution is 5.75. The maximum atomic E-state index is 11.2. The van der Waals surface area contributed by atoms with E-state index in [1.807, 2.05) is 0 Å². The SMILES string of the molecule is CCCCNC(=O)CCCCNOC=O. The van der Waals surface area contributed by atoms with E-state index in [2.05, 4.69) is 22.6 Å². The predicted octanol–water partition coefficient (Wildman–Crippen LogP) is 0.751. The van der Waals surface area contributed by atoms with Crippen molar-refractivity contribution in [3.63, 3.8) is 0 Å². The van der Waals surface area contributed by atoms with Gasteiger partial charge in [-0.05, 0) is 19.3 Å². The first-order chi connectivity index (χ1) is 7.31. The molecule has 0 spiro atoms. The predicted molar refractivity (Wildman–Crippen MR) is 56.9 cm³/mol. The third kappa shape index (κ3) is 10.8. The molecule has 15 heavy (non-hydrogen) atoms. The van der Waals surface area contributed by atoms with Gasteiger partial charge < -0.3 is 10.2 Å². The highest BCUT2D eigenvalue weighted by Crippen LogP contribution is 1.94. The van der Waals surface area contributed by atoms with Crippen LogP contribution in [0.3, 0.4) is 0 Å². The first-order valence-corrected chi connectivity index (χ1v) is 5.40. The largest absolute Gasteiger partial charge is 0.374 e. The van der Waals surface area contributed by atoms with Gasteiger partial charge in [-0.25, -0.2) is 0 Å². The van der Waals surface area contributed by atoms with Crippen LogP contribution in [0.25, 0.3) is 0 Å². The van der Waals surface area contributed by atoms with Gasteiger partial charge in [0.2, 0.25) is 5.91 Å². The van der Waals surface area contributed by atoms with E-state index in [-0.39, 0.29) is 5.91 Å². The van der Waals surface area contributed by atoms with Gasteiger partial charge in [-0.2, -0.15) is 5.48 Å². The quantitative estimate of drug-likeness (QED) is 0.321. The Morgan fingerprint density at radius 1 is 1.27 bits per heavy atom. The summed E-state index contributed by atoms with van der Waals surface area (Å²) in [6.07, 6.45) is 4.27. The highest BCUT2D eigenvalue weighted by atomic mass is 16.7. The molecule has 2 N–H and O–H groups in total. The summed E-state index contributed by atoms with van der Waals surface area (Å²) in [4.78, 5) is 25.2. The van der Waals surface area contributed by atoms with Crippen LogP contribution in [0.5, 0.6) is 0 Å². The van der Waals surface area contributed by atoms with E-state index >= 15 is 0 Å². The molecular weight excluding hydrogens is 196 g/mol. The molecule has 0 aromatic rings. The average molecular weight is 216 g/mol. The van der Waals surface area contributed by atoms with Crippen LogP contribution in [0.1, 0.15) is 39.0 Å². The molecule has 0 heterocycles. The minimum absolute atomic E-state index is 0.0970. The number of unbranched alkanes of at least 4 members (excludes halogenated alkanes) is 2. The second kappa shape index (κ2) is 11.0. The molecule has 0 radical (unpaired) electrons. The summed E-state index contributed by atoms with van der Waals surface area (Å²) in [5, 5.41) is 2.84. The van der Waals surface area contributed by atoms with Crippen LogP contribution in [-0.2, 0) is 14.4 Å². The topological polar surface area (TPSA) is 67.4 Å². The summed E-state index contributed by atoms with van der Waals surface area (Å²) in [5.74, 6) is 0.0970. The lowest BCUT2D eigenvalue weighted by Crippen LogP contribution is -2.24. The molecule has 5 nitrogen and oxygen atoms in total. The van der Waals surface area contributed by atoms with Gasteiger partial charge in [0.25, 0.3) is 0 Å². The fourth-order valence-corrected chi connectivity index (χ4v) is 1.07. The summed E-state index contributed by atoms with van der Waals surface area (Å²) >= 11 is 0. The Labute approximate surface area is 90.5 Å². The zero-order valence-corrected chi connectivity index (χ0v) is 9.25. The van der Waals surface area contributed by atoms with Crippen LogP contribution in [0.4, 0.5) is 0 Å². The number of hydroxylamine groups is 1. The van der Waals surface area contributed by atoms with Crippen molar-refractivity contribution in [2.45, 2.75) is 39.0 Å². The van der Waals surface area contributed by atoms with Crippen molar-refractivity contribution in [3.8, 4) is 0 Å². The van der Waals surface area contributed by atoms with E-state index in [0.29, 0.717) is 19.4 Å². The molecule has 0 fully saturated rings. The van der Waals surface area contributed by atoms with Crippen LogP contribution in [0, 0.1) is 0 Å². The van der Waals surface area contributed by atoms with Crippen LogP contribution in [0.15, 0.2) is 0 Å². The summed E-state index contributed by atoms with van der Waals surface area (Å²) in [6, 6.07) is 0. The van der Waals surface area contributed by atoms with Crippen molar-refractivity contribution in [3.05, 3.63) is 0 Å². The Bertz CT molecular complexity index is 174. The minimum Gasteiger partial charge on any atom is -0.374 e. The lowest BCUT2D eigenvalue weighted by molar-refractivity contribution is -0.135. The van der Waals surface area contributed by atoms with Gasteiger partial charge in [-0.3, -0.25) is 9.59 Å². The maximum Gasteiger partial charge on any atom is 0.312 e. The monoisotopic (exact) mass is 216 g/mol. The fraction of sp³-hybridized carbons (Fsp3) is 0.800. The molecule has 0 aromatic carbocycles. The third-order valence-electron chi connectivity index (χ3n) is 1.92. The second-order valence-electron chi connectivity index (χ2n) is 3.27. The van der Waals surface area contributed by atoms with Gasteiger partial charge in [-0.1, -0.05) is 13.3 Å². The van der Waals surface area contributed by atoms with Gasteiger partial charge in [0.15, 0.2) is 0 Å². The Kier molecular flexibility index (Phi) is 10.2. The molecule has 5 heteroatoms. The lowest BCUT2D eigenvalue weighted by Gasteiger charge is -2.04. The van der Waals surface area contributed by atoms with E-state index in [4.69, 9.17) is 0 Å². The van der Waals surface area contributed by atoms with Crippen LogP contribution in [0.2, 0.25) is 0 Å². The first kappa shape index (κ1) is 13.9. The molecule has 0 saturated carbocycles. The van der Waals surface area contributed by atoms with Crippen molar-refractivity contribution in [2.75, 3.05) is 13.1 Å². The first-order valence-electron chi connectivity index (χ1n) is 5.40. The van der Waals surface area contributed by atoms with Crippen molar-refractivity contribution >= 4 is 12.4 Å². The molecule has 88 valence electrons. The Morgan fingerprint density at radius 2 is 2.07 bits per heavy atom. The fourth-order valence-electron chi connectivity index (χ4n) is 1.07. The van der Waals surface area contributed by atoms with Gasteiger partial charge in [0.05, 0.1) is 0 Å². The minimum atomic E-state index is 0.0970. The highest BCUT2D eigenvalue weighted by Gasteiger charge is 1.99. The molecule has 0 aromatic heterocycles. The van der Waals surface area contributed by atoms with Crippen LogP contribution >= 0.6 is 0 Å². The standard InChI is InChI=1S/C10H20N2O3/c1-2-3-7-11-10(14)6-4-5-8-12-15-9-13/h9,12H,2-8H2,1H3,(H,11,14). The zero-order valence-electron chi connectivity index (χ0n) is 9.25. The molecule has 0 aliphatic rings. The lowest BCUT2D eigenvalue weighted by atomic mass is 10.2. The summed E-state index contributed by atoms with van der Waals surface area (Å²) in [5.41, 5.74) is 2.46. The van der Waals surface area contributed by atoms with Gasteiger partial charge in [-0.15, -0.1) is 0 Å². The van der Waals surface area contributed by atoms with Gasteiger partial charge in [0, 0.05) is 19.5 Å². The Morgan fingerprint density at radius 3 is 2.73 bits per heavy atom. The van der Waals surface area contributed by atoms with E-state index < -0.39 is 0 Å². The van der Waals surface area contributed by atoms with Crippen molar-refractivity contribution in [1.82, 2.24) is 10.8 Å². The molecular formula is C10H20N2O3. The molecule has 0 atom stereocenters. The number of carbonyl (C=O) groups excluding carboxylic acids is 2. The number of nitrogens with one attached hydrogen (secondary N) is 2. The molecule has 0 rings (SSSR count). The average Bonchev–Trinajstić information content (AvgIpc) is 2.23. The number of hydrogen-bond donors (Lipinski definition) is 2. The Balaban J connectivity index is 3.13. The van der Waals surface area contributed by atoms with E-state index in [9.17, 15) is 9.59 Å². The van der Waals surface area contributed by atoms with Crippen LogP contribution < -0.4 is 10.8 Å². The summed E-state index contributed by atoms with van der Waals surface area (Å²) in [7, 11) is 0. The summed E-state index contributed by atoms with van der Waals surface area (Å²) in [6.45, 7) is 3.78. The smallest absolute Gasteiger partial charge is 0.312 e. The van der Waals surface area contributed by atoms with Crippen molar-refractivity contribution in [2.24, 2.45) is 0 Å². The van der Waals surface area contributed by atoms with Crippen molar-refractivity contribution in [1.29, 1.82) is 0 Å².